The molecule has 0 atom stereocenters. The first-order chi connectivity index (χ1) is 18.3. The van der Waals surface area contributed by atoms with Crippen molar-refractivity contribution >= 4 is 41.3 Å². The molecular weight excluding hydrogens is 514 g/mol. The van der Waals surface area contributed by atoms with Crippen LogP contribution in [-0.4, -0.2) is 45.3 Å². The van der Waals surface area contributed by atoms with E-state index in [4.69, 9.17) is 30.5 Å². The molecule has 3 aromatic carbocycles. The van der Waals surface area contributed by atoms with Gasteiger partial charge in [-0.3, -0.25) is 9.59 Å². The Balaban J connectivity index is 1.75. The minimum atomic E-state index is -0.694. The van der Waals surface area contributed by atoms with E-state index in [2.05, 4.69) is 15.8 Å². The smallest absolute Gasteiger partial charge is 0.343 e. The lowest BCUT2D eigenvalue weighted by Crippen LogP contribution is -2.18. The Bertz CT molecular complexity index is 1330. The van der Waals surface area contributed by atoms with Gasteiger partial charge in [-0.1, -0.05) is 18.5 Å². The first-order valence-corrected chi connectivity index (χ1v) is 11.7. The van der Waals surface area contributed by atoms with Crippen molar-refractivity contribution in [1.29, 1.82) is 0 Å². The van der Waals surface area contributed by atoms with Gasteiger partial charge in [0.15, 0.2) is 11.5 Å². The van der Waals surface area contributed by atoms with Crippen LogP contribution in [0.15, 0.2) is 59.7 Å². The van der Waals surface area contributed by atoms with Gasteiger partial charge in [0.25, 0.3) is 5.91 Å². The van der Waals surface area contributed by atoms with Gasteiger partial charge in [0.2, 0.25) is 11.7 Å². The van der Waals surface area contributed by atoms with Crippen LogP contribution in [0.5, 0.6) is 23.0 Å². The highest BCUT2D eigenvalue weighted by molar-refractivity contribution is 6.31. The zero-order valence-corrected chi connectivity index (χ0v) is 21.9. The number of nitrogens with one attached hydrogen (secondary N) is 2. The number of nitrogens with zero attached hydrogens (tertiary/aromatic N) is 1. The molecule has 0 saturated carbocycles. The number of hydrogen-bond donors (Lipinski definition) is 2. The lowest BCUT2D eigenvalue weighted by Gasteiger charge is -2.14. The van der Waals surface area contributed by atoms with Gasteiger partial charge in [0.1, 0.15) is 5.75 Å². The van der Waals surface area contributed by atoms with Crippen molar-refractivity contribution in [2.45, 2.75) is 13.3 Å². The number of esters is 1. The molecule has 198 valence electrons. The topological polar surface area (TPSA) is 125 Å². The van der Waals surface area contributed by atoms with Crippen LogP contribution in [0.25, 0.3) is 0 Å². The molecule has 11 heteroatoms. The Morgan fingerprint density at radius 3 is 2.11 bits per heavy atom. The standard InChI is InChI=1S/C27H26ClN3O7/c1-5-24(32)30-20-9-6-16(7-10-20)26(33)31-29-15-18-12-19(28)8-11-21(18)38-27(34)17-13-22(35-2)25(37-4)23(14-17)36-3/h6-15H,5H2,1-4H3,(H,30,32)(H,31,33)/b29-15+. The van der Waals surface area contributed by atoms with E-state index in [0.29, 0.717) is 45.5 Å². The van der Waals surface area contributed by atoms with Gasteiger partial charge >= 0.3 is 5.97 Å². The molecule has 0 unspecified atom stereocenters. The minimum absolute atomic E-state index is 0.130. The predicted octanol–water partition coefficient (Wildman–Crippen LogP) is 4.70. The monoisotopic (exact) mass is 539 g/mol. The fraction of sp³-hybridized carbons (Fsp3) is 0.185. The Morgan fingerprint density at radius 1 is 0.868 bits per heavy atom. The molecule has 10 nitrogen and oxygen atoms in total. The van der Waals surface area contributed by atoms with Crippen molar-refractivity contribution in [3.05, 3.63) is 76.3 Å². The quantitative estimate of drug-likeness (QED) is 0.166. The number of carbonyl (C=O) groups is 3. The molecule has 2 amide bonds. The number of halogens is 1. The van der Waals surface area contributed by atoms with Crippen LogP contribution in [-0.2, 0) is 4.79 Å². The largest absolute Gasteiger partial charge is 0.493 e. The molecule has 0 saturated heterocycles. The van der Waals surface area contributed by atoms with Crippen molar-refractivity contribution in [3.63, 3.8) is 0 Å². The minimum Gasteiger partial charge on any atom is -0.493 e. The molecule has 0 bridgehead atoms. The summed E-state index contributed by atoms with van der Waals surface area (Å²) in [6, 6.07) is 13.9. The Morgan fingerprint density at radius 2 is 1.53 bits per heavy atom. The van der Waals surface area contributed by atoms with Gasteiger partial charge in [0, 0.05) is 28.3 Å². The maximum absolute atomic E-state index is 12.9. The fourth-order valence-electron chi connectivity index (χ4n) is 3.25. The van der Waals surface area contributed by atoms with Crippen molar-refractivity contribution < 1.29 is 33.3 Å². The highest BCUT2D eigenvalue weighted by Crippen LogP contribution is 2.38. The molecule has 0 aliphatic carbocycles. The van der Waals surface area contributed by atoms with E-state index in [1.165, 1.54) is 51.8 Å². The van der Waals surface area contributed by atoms with Crippen LogP contribution < -0.4 is 29.7 Å². The summed E-state index contributed by atoms with van der Waals surface area (Å²) in [6.07, 6.45) is 1.65. The first-order valence-electron chi connectivity index (χ1n) is 11.3. The summed E-state index contributed by atoms with van der Waals surface area (Å²) in [5, 5.41) is 7.04. The average molecular weight is 540 g/mol. The summed E-state index contributed by atoms with van der Waals surface area (Å²) in [4.78, 5) is 36.9. The lowest BCUT2D eigenvalue weighted by molar-refractivity contribution is -0.115. The zero-order valence-electron chi connectivity index (χ0n) is 21.2. The van der Waals surface area contributed by atoms with Crippen molar-refractivity contribution in [1.82, 2.24) is 5.43 Å². The maximum Gasteiger partial charge on any atom is 0.343 e. The molecule has 2 N–H and O–H groups in total. The van der Waals surface area contributed by atoms with E-state index < -0.39 is 11.9 Å². The summed E-state index contributed by atoms with van der Waals surface area (Å²) >= 11 is 6.12. The Kier molecular flexibility index (Phi) is 9.66. The second-order valence-corrected chi connectivity index (χ2v) is 8.10. The number of methoxy groups -OCH3 is 3. The van der Waals surface area contributed by atoms with Gasteiger partial charge in [-0.15, -0.1) is 0 Å². The van der Waals surface area contributed by atoms with E-state index in [9.17, 15) is 14.4 Å². The number of anilines is 1. The summed E-state index contributed by atoms with van der Waals surface area (Å²) in [5.74, 6) is -0.229. The molecule has 38 heavy (non-hydrogen) atoms. The number of amides is 2. The number of hydrogen-bond acceptors (Lipinski definition) is 8. The molecular formula is C27H26ClN3O7. The van der Waals surface area contributed by atoms with Crippen LogP contribution in [0.3, 0.4) is 0 Å². The third-order valence-corrected chi connectivity index (χ3v) is 5.43. The molecule has 0 fully saturated rings. The number of carbonyl (C=O) groups excluding carboxylic acids is 3. The van der Waals surface area contributed by atoms with E-state index >= 15 is 0 Å². The number of rotatable bonds is 10. The summed E-state index contributed by atoms with van der Waals surface area (Å²) in [6.45, 7) is 1.74. The average Bonchev–Trinajstić information content (AvgIpc) is 2.93. The highest BCUT2D eigenvalue weighted by Gasteiger charge is 2.19. The molecule has 0 aromatic heterocycles. The summed E-state index contributed by atoms with van der Waals surface area (Å²) < 4.78 is 21.4. The third kappa shape index (κ3) is 7.01. The van der Waals surface area contributed by atoms with Crippen molar-refractivity contribution in [2.75, 3.05) is 26.6 Å². The molecule has 3 rings (SSSR count). The molecule has 0 radical (unpaired) electrons. The second-order valence-electron chi connectivity index (χ2n) is 7.66. The molecule has 0 spiro atoms. The van der Waals surface area contributed by atoms with Crippen molar-refractivity contribution in [3.8, 4) is 23.0 Å². The zero-order chi connectivity index (χ0) is 27.7. The van der Waals surface area contributed by atoms with E-state index in [0.717, 1.165) is 0 Å². The SMILES string of the molecule is CCC(=O)Nc1ccc(C(=O)N/N=C/c2cc(Cl)ccc2OC(=O)c2cc(OC)c(OC)c(OC)c2)cc1. The first kappa shape index (κ1) is 28.0. The van der Waals surface area contributed by atoms with Gasteiger partial charge in [0.05, 0.1) is 33.1 Å². The summed E-state index contributed by atoms with van der Waals surface area (Å²) in [7, 11) is 4.33. The van der Waals surface area contributed by atoms with Crippen molar-refractivity contribution in [2.24, 2.45) is 5.10 Å². The molecule has 0 heterocycles. The summed E-state index contributed by atoms with van der Waals surface area (Å²) in [5.41, 5.74) is 3.81. The highest BCUT2D eigenvalue weighted by atomic mass is 35.5. The third-order valence-electron chi connectivity index (χ3n) is 5.20. The Labute approximate surface area is 224 Å². The lowest BCUT2D eigenvalue weighted by atomic mass is 10.1. The molecule has 0 aliphatic rings. The van der Waals surface area contributed by atoms with Gasteiger partial charge < -0.3 is 24.3 Å². The molecule has 0 aliphatic heterocycles. The molecule has 3 aromatic rings. The number of hydrazone groups is 1. The van der Waals surface area contributed by atoms with Crippen LogP contribution in [0.1, 0.15) is 39.6 Å². The van der Waals surface area contributed by atoms with Crippen LogP contribution in [0.2, 0.25) is 5.02 Å². The number of ether oxygens (including phenoxy) is 4. The predicted molar refractivity (Wildman–Crippen MR) is 143 cm³/mol. The van der Waals surface area contributed by atoms with Crippen LogP contribution in [0, 0.1) is 0 Å². The normalized spacial score (nSPS) is 10.6. The maximum atomic E-state index is 12.9. The fourth-order valence-corrected chi connectivity index (χ4v) is 3.43. The van der Waals surface area contributed by atoms with Gasteiger partial charge in [-0.25, -0.2) is 10.2 Å². The van der Waals surface area contributed by atoms with Gasteiger partial charge in [-0.05, 0) is 54.6 Å². The van der Waals surface area contributed by atoms with E-state index in [1.807, 2.05) is 0 Å². The van der Waals surface area contributed by atoms with Gasteiger partial charge in [-0.2, -0.15) is 5.10 Å². The number of benzene rings is 3. The Hall–Kier alpha value is -4.57. The second kappa shape index (κ2) is 13.1. The van der Waals surface area contributed by atoms with E-state index in [1.54, 1.807) is 37.3 Å². The van der Waals surface area contributed by atoms with Crippen LogP contribution in [0.4, 0.5) is 5.69 Å². The van der Waals surface area contributed by atoms with Crippen LogP contribution >= 0.6 is 11.6 Å². The van der Waals surface area contributed by atoms with E-state index in [-0.39, 0.29) is 17.2 Å².